The van der Waals surface area contributed by atoms with Crippen LogP contribution in [0.3, 0.4) is 0 Å². The Morgan fingerprint density at radius 2 is 1.96 bits per heavy atom. The second-order valence-electron chi connectivity index (χ2n) is 5.17. The summed E-state index contributed by atoms with van der Waals surface area (Å²) < 4.78 is 38.4. The molecule has 1 amide bonds. The minimum atomic E-state index is -3.05. The number of methoxy groups -OCH3 is 1. The van der Waals surface area contributed by atoms with E-state index in [4.69, 9.17) is 9.47 Å². The molecule has 2 aromatic carbocycles. The van der Waals surface area contributed by atoms with Crippen molar-refractivity contribution < 1.29 is 37.5 Å². The number of carbonyl (C=O) groups excluding carboxylic acids is 2. The van der Waals surface area contributed by atoms with Crippen LogP contribution in [-0.2, 0) is 9.53 Å². The summed E-state index contributed by atoms with van der Waals surface area (Å²) in [4.78, 5) is 34.1. The number of rotatable bonds is 8. The number of nitro benzene ring substituents is 1. The van der Waals surface area contributed by atoms with Crippen LogP contribution in [0.4, 0.5) is 20.2 Å². The molecule has 0 aliphatic heterocycles. The zero-order valence-corrected chi connectivity index (χ0v) is 14.4. The molecule has 28 heavy (non-hydrogen) atoms. The molecule has 0 heterocycles. The Balaban J connectivity index is 2.00. The van der Waals surface area contributed by atoms with E-state index in [-0.39, 0.29) is 28.4 Å². The predicted octanol–water partition coefficient (Wildman–Crippen LogP) is 3.00. The lowest BCUT2D eigenvalue weighted by Gasteiger charge is -2.10. The van der Waals surface area contributed by atoms with Gasteiger partial charge in [0.15, 0.2) is 6.61 Å². The van der Waals surface area contributed by atoms with Gasteiger partial charge in [-0.05, 0) is 24.3 Å². The maximum atomic E-state index is 12.2. The number of halogens is 2. The van der Waals surface area contributed by atoms with Gasteiger partial charge in [-0.25, -0.2) is 4.79 Å². The summed E-state index contributed by atoms with van der Waals surface area (Å²) in [6.45, 7) is -3.77. The van der Waals surface area contributed by atoms with Crippen molar-refractivity contribution in [3.05, 3.63) is 58.1 Å². The second-order valence-corrected chi connectivity index (χ2v) is 5.17. The maximum Gasteiger partial charge on any atom is 0.387 e. The molecule has 0 radical (unpaired) electrons. The Bertz CT molecular complexity index is 890. The van der Waals surface area contributed by atoms with Crippen molar-refractivity contribution in [3.63, 3.8) is 0 Å². The summed E-state index contributed by atoms with van der Waals surface area (Å²) in [5.41, 5.74) is -0.354. The Morgan fingerprint density at radius 3 is 2.61 bits per heavy atom. The largest absolute Gasteiger partial charge is 0.495 e. The van der Waals surface area contributed by atoms with Gasteiger partial charge in [0.05, 0.1) is 23.3 Å². The Hall–Kier alpha value is -3.76. The highest BCUT2D eigenvalue weighted by molar-refractivity contribution is 5.96. The highest BCUT2D eigenvalue weighted by atomic mass is 19.3. The van der Waals surface area contributed by atoms with Gasteiger partial charge >= 0.3 is 12.6 Å². The quantitative estimate of drug-likeness (QED) is 0.414. The lowest BCUT2D eigenvalue weighted by atomic mass is 10.2. The summed E-state index contributed by atoms with van der Waals surface area (Å²) in [5, 5.41) is 13.2. The summed E-state index contributed by atoms with van der Waals surface area (Å²) in [5.74, 6) is -1.80. The fourth-order valence-electron chi connectivity index (χ4n) is 2.11. The number of carbonyl (C=O) groups is 2. The van der Waals surface area contributed by atoms with Crippen LogP contribution in [0.5, 0.6) is 11.5 Å². The molecule has 0 aliphatic carbocycles. The van der Waals surface area contributed by atoms with Crippen LogP contribution in [0, 0.1) is 10.1 Å². The Morgan fingerprint density at radius 1 is 1.21 bits per heavy atom. The lowest BCUT2D eigenvalue weighted by molar-refractivity contribution is -0.384. The number of non-ortho nitro benzene ring substituents is 1. The van der Waals surface area contributed by atoms with Crippen LogP contribution < -0.4 is 14.8 Å². The second kappa shape index (κ2) is 9.26. The fourth-order valence-corrected chi connectivity index (χ4v) is 2.11. The van der Waals surface area contributed by atoms with E-state index in [1.165, 1.54) is 37.4 Å². The van der Waals surface area contributed by atoms with Crippen LogP contribution in [-0.4, -0.2) is 37.1 Å². The van der Waals surface area contributed by atoms with E-state index in [0.717, 1.165) is 12.1 Å². The predicted molar refractivity (Wildman–Crippen MR) is 91.6 cm³/mol. The zero-order chi connectivity index (χ0) is 20.7. The van der Waals surface area contributed by atoms with Gasteiger partial charge in [-0.2, -0.15) is 8.78 Å². The number of amides is 1. The first-order valence-corrected chi connectivity index (χ1v) is 7.64. The normalized spacial score (nSPS) is 10.3. The van der Waals surface area contributed by atoms with Crippen LogP contribution >= 0.6 is 0 Å². The van der Waals surface area contributed by atoms with Crippen molar-refractivity contribution in [1.82, 2.24) is 0 Å². The van der Waals surface area contributed by atoms with Crippen LogP contribution in [0.15, 0.2) is 42.5 Å². The highest BCUT2D eigenvalue weighted by Gasteiger charge is 2.16. The maximum absolute atomic E-state index is 12.2. The number of ether oxygens (including phenoxy) is 3. The summed E-state index contributed by atoms with van der Waals surface area (Å²) in [7, 11) is 1.31. The number of hydrogen-bond acceptors (Lipinski definition) is 7. The Labute approximate surface area is 157 Å². The third-order valence-corrected chi connectivity index (χ3v) is 3.30. The van der Waals surface area contributed by atoms with Crippen LogP contribution in [0.2, 0.25) is 0 Å². The van der Waals surface area contributed by atoms with E-state index in [0.29, 0.717) is 0 Å². The van der Waals surface area contributed by atoms with E-state index in [1.54, 1.807) is 0 Å². The van der Waals surface area contributed by atoms with E-state index >= 15 is 0 Å². The molecule has 11 heteroatoms. The van der Waals surface area contributed by atoms with E-state index in [2.05, 4.69) is 10.1 Å². The number of alkyl halides is 2. The van der Waals surface area contributed by atoms with Gasteiger partial charge in [0.2, 0.25) is 0 Å². The molecule has 0 spiro atoms. The molecular formula is C17H14F2N2O7. The molecule has 2 rings (SSSR count). The highest BCUT2D eigenvalue weighted by Crippen LogP contribution is 2.28. The molecule has 2 aromatic rings. The van der Waals surface area contributed by atoms with Gasteiger partial charge in [0.25, 0.3) is 11.6 Å². The van der Waals surface area contributed by atoms with Gasteiger partial charge in [-0.3, -0.25) is 14.9 Å². The third-order valence-electron chi connectivity index (χ3n) is 3.30. The number of benzene rings is 2. The minimum Gasteiger partial charge on any atom is -0.495 e. The first kappa shape index (κ1) is 20.6. The van der Waals surface area contributed by atoms with E-state index < -0.39 is 30.0 Å². The monoisotopic (exact) mass is 396 g/mol. The molecule has 0 bridgehead atoms. The standard InChI is InChI=1S/C17H14F2N2O7/c1-26-14-6-5-11(21(24)25)8-13(14)20-15(22)9-27-16(23)10-3-2-4-12(7-10)28-17(18)19/h2-8,17H,9H2,1H3,(H,20,22). The molecule has 0 aromatic heterocycles. The smallest absolute Gasteiger partial charge is 0.387 e. The summed E-state index contributed by atoms with van der Waals surface area (Å²) >= 11 is 0. The number of esters is 1. The average Bonchev–Trinajstić information content (AvgIpc) is 2.65. The summed E-state index contributed by atoms with van der Waals surface area (Å²) in [6.07, 6.45) is 0. The van der Waals surface area contributed by atoms with Gasteiger partial charge in [-0.15, -0.1) is 0 Å². The molecule has 0 saturated heterocycles. The molecule has 0 fully saturated rings. The van der Waals surface area contributed by atoms with Gasteiger partial charge < -0.3 is 19.5 Å². The van der Waals surface area contributed by atoms with Gasteiger partial charge in [0, 0.05) is 12.1 Å². The van der Waals surface area contributed by atoms with E-state index in [9.17, 15) is 28.5 Å². The molecule has 9 nitrogen and oxygen atoms in total. The molecule has 0 aliphatic rings. The van der Waals surface area contributed by atoms with E-state index in [1.807, 2.05) is 0 Å². The molecule has 0 unspecified atom stereocenters. The molecule has 0 atom stereocenters. The topological polar surface area (TPSA) is 117 Å². The minimum absolute atomic E-state index is 0.0186. The van der Waals surface area contributed by atoms with Crippen molar-refractivity contribution in [2.24, 2.45) is 0 Å². The average molecular weight is 396 g/mol. The fraction of sp³-hybridized carbons (Fsp3) is 0.176. The molecule has 1 N–H and O–H groups in total. The SMILES string of the molecule is COc1ccc([N+](=O)[O-])cc1NC(=O)COC(=O)c1cccc(OC(F)F)c1. The van der Waals surface area contributed by atoms with Crippen LogP contribution in [0.1, 0.15) is 10.4 Å². The van der Waals surface area contributed by atoms with Gasteiger partial charge in [-0.1, -0.05) is 6.07 Å². The third kappa shape index (κ3) is 5.62. The molecule has 148 valence electrons. The van der Waals surface area contributed by atoms with Gasteiger partial charge in [0.1, 0.15) is 11.5 Å². The zero-order valence-electron chi connectivity index (χ0n) is 14.4. The van der Waals surface area contributed by atoms with Crippen molar-refractivity contribution in [2.75, 3.05) is 19.0 Å². The number of hydrogen-bond donors (Lipinski definition) is 1. The van der Waals surface area contributed by atoms with Crippen molar-refractivity contribution in [1.29, 1.82) is 0 Å². The first-order chi connectivity index (χ1) is 13.3. The Kier molecular flexibility index (Phi) is 6.79. The van der Waals surface area contributed by atoms with Crippen molar-refractivity contribution >= 4 is 23.3 Å². The summed E-state index contributed by atoms with van der Waals surface area (Å²) in [6, 6.07) is 8.45. The first-order valence-electron chi connectivity index (χ1n) is 7.64. The number of anilines is 1. The lowest BCUT2D eigenvalue weighted by Crippen LogP contribution is -2.21. The number of nitrogens with one attached hydrogen (secondary N) is 1. The molecule has 0 saturated carbocycles. The van der Waals surface area contributed by atoms with Crippen molar-refractivity contribution in [2.45, 2.75) is 6.61 Å². The number of nitro groups is 1. The van der Waals surface area contributed by atoms with Crippen LogP contribution in [0.25, 0.3) is 0 Å². The molecular weight excluding hydrogens is 382 g/mol. The number of nitrogens with zero attached hydrogens (tertiary/aromatic N) is 1. The van der Waals surface area contributed by atoms with Crippen molar-refractivity contribution in [3.8, 4) is 11.5 Å².